The molecule has 1 aromatic heterocycles. The van der Waals surface area contributed by atoms with E-state index in [-0.39, 0.29) is 24.2 Å². The molecule has 22 heavy (non-hydrogen) atoms. The summed E-state index contributed by atoms with van der Waals surface area (Å²) < 4.78 is 5.19. The number of carbonyl (C=O) groups is 1. The van der Waals surface area contributed by atoms with Crippen molar-refractivity contribution < 1.29 is 9.53 Å². The minimum Gasteiger partial charge on any atom is -0.481 e. The fourth-order valence-corrected chi connectivity index (χ4v) is 2.81. The number of ketones is 1. The van der Waals surface area contributed by atoms with Crippen molar-refractivity contribution in [1.29, 1.82) is 0 Å². The van der Waals surface area contributed by atoms with E-state index >= 15 is 0 Å². The molecular weight excluding hydrogens is 300 g/mol. The van der Waals surface area contributed by atoms with Crippen LogP contribution in [0.15, 0.2) is 36.5 Å². The van der Waals surface area contributed by atoms with Crippen molar-refractivity contribution in [3.05, 3.63) is 47.7 Å². The Morgan fingerprint density at radius 2 is 2.14 bits per heavy atom. The number of nitrogens with two attached hydrogens (primary N) is 1. The van der Waals surface area contributed by atoms with Crippen molar-refractivity contribution in [1.82, 2.24) is 4.98 Å². The van der Waals surface area contributed by atoms with Crippen LogP contribution in [0.5, 0.6) is 5.88 Å². The fraction of sp³-hybridized carbons (Fsp3) is 0.294. The zero-order valence-electron chi connectivity index (χ0n) is 12.4. The molecule has 0 amide bonds. The van der Waals surface area contributed by atoms with E-state index in [0.717, 1.165) is 29.5 Å². The number of fused-ring (bicyclic) bond motifs is 1. The maximum Gasteiger partial charge on any atom is 0.213 e. The van der Waals surface area contributed by atoms with Gasteiger partial charge in [-0.1, -0.05) is 18.2 Å². The van der Waals surface area contributed by atoms with Gasteiger partial charge in [-0.05, 0) is 41.2 Å². The molecule has 1 aliphatic rings. The van der Waals surface area contributed by atoms with Crippen molar-refractivity contribution in [2.24, 2.45) is 5.73 Å². The largest absolute Gasteiger partial charge is 0.481 e. The lowest BCUT2D eigenvalue weighted by Gasteiger charge is -2.12. The molecule has 0 aliphatic heterocycles. The molecule has 2 aromatic rings. The average molecular weight is 319 g/mol. The highest BCUT2D eigenvalue weighted by Gasteiger charge is 2.22. The van der Waals surface area contributed by atoms with Crippen LogP contribution in [0.25, 0.3) is 11.1 Å². The molecule has 5 heteroatoms. The van der Waals surface area contributed by atoms with Crippen molar-refractivity contribution in [3.63, 3.8) is 0 Å². The third kappa shape index (κ3) is 3.13. The van der Waals surface area contributed by atoms with Gasteiger partial charge in [0, 0.05) is 18.7 Å². The predicted molar refractivity (Wildman–Crippen MR) is 88.5 cm³/mol. The Kier molecular flexibility index (Phi) is 5.16. The number of carbonyl (C=O) groups excluding carboxylic acids is 1. The second-order valence-electron chi connectivity index (χ2n) is 5.32. The summed E-state index contributed by atoms with van der Waals surface area (Å²) in [7, 11) is 1.60. The van der Waals surface area contributed by atoms with Gasteiger partial charge in [-0.3, -0.25) is 4.79 Å². The smallest absolute Gasteiger partial charge is 0.213 e. The van der Waals surface area contributed by atoms with E-state index < -0.39 is 0 Å². The molecule has 1 heterocycles. The number of Topliss-reactive ketones (excluding diaryl/α,β-unsaturated/α-hetero) is 1. The van der Waals surface area contributed by atoms with E-state index in [1.165, 1.54) is 5.56 Å². The minimum atomic E-state index is -0.350. The summed E-state index contributed by atoms with van der Waals surface area (Å²) in [5, 5.41) is 0. The average Bonchev–Trinajstić information content (AvgIpc) is 2.66. The first-order valence-corrected chi connectivity index (χ1v) is 7.08. The molecule has 0 saturated carbocycles. The summed E-state index contributed by atoms with van der Waals surface area (Å²) in [6, 6.07) is 9.64. The summed E-state index contributed by atoms with van der Waals surface area (Å²) in [5.74, 6) is 0.684. The van der Waals surface area contributed by atoms with Crippen LogP contribution >= 0.6 is 12.4 Å². The van der Waals surface area contributed by atoms with Gasteiger partial charge in [-0.25, -0.2) is 4.98 Å². The van der Waals surface area contributed by atoms with E-state index in [0.29, 0.717) is 12.3 Å². The van der Waals surface area contributed by atoms with E-state index in [4.69, 9.17) is 10.5 Å². The highest BCUT2D eigenvalue weighted by molar-refractivity contribution is 5.89. The van der Waals surface area contributed by atoms with E-state index in [1.54, 1.807) is 13.3 Å². The summed E-state index contributed by atoms with van der Waals surface area (Å²) in [6.07, 6.45) is 3.68. The highest BCUT2D eigenvalue weighted by Crippen LogP contribution is 2.31. The third-order valence-electron chi connectivity index (χ3n) is 4.02. The monoisotopic (exact) mass is 318 g/mol. The van der Waals surface area contributed by atoms with Gasteiger partial charge in [-0.15, -0.1) is 12.4 Å². The van der Waals surface area contributed by atoms with Crippen LogP contribution in [-0.2, 0) is 17.6 Å². The van der Waals surface area contributed by atoms with Gasteiger partial charge in [0.15, 0.2) is 5.78 Å². The number of ether oxygens (including phenoxy) is 1. The predicted octanol–water partition coefficient (Wildman–Crippen LogP) is 2.56. The number of pyridine rings is 1. The van der Waals surface area contributed by atoms with Gasteiger partial charge >= 0.3 is 0 Å². The zero-order chi connectivity index (χ0) is 14.8. The summed E-state index contributed by atoms with van der Waals surface area (Å²) in [4.78, 5) is 16.3. The molecule has 0 saturated heterocycles. The Hall–Kier alpha value is -1.91. The molecule has 0 spiro atoms. The number of halogens is 1. The first-order chi connectivity index (χ1) is 10.2. The number of rotatable bonds is 2. The number of benzene rings is 1. The second kappa shape index (κ2) is 6.90. The molecule has 1 aliphatic carbocycles. The Balaban J connectivity index is 0.00000176. The molecule has 0 fully saturated rings. The van der Waals surface area contributed by atoms with E-state index in [9.17, 15) is 4.79 Å². The van der Waals surface area contributed by atoms with Gasteiger partial charge in [0.05, 0.1) is 13.2 Å². The summed E-state index contributed by atoms with van der Waals surface area (Å²) >= 11 is 0. The number of nitrogens with zero attached hydrogens (tertiary/aromatic N) is 1. The number of hydrogen-bond acceptors (Lipinski definition) is 4. The maximum absolute atomic E-state index is 12.1. The maximum atomic E-state index is 12.1. The van der Waals surface area contributed by atoms with Gasteiger partial charge in [-0.2, -0.15) is 0 Å². The summed E-state index contributed by atoms with van der Waals surface area (Å²) in [5.41, 5.74) is 10.3. The molecule has 4 nitrogen and oxygen atoms in total. The SMILES string of the molecule is COc1cc(-c2cccc3c2CC(=O)C(N)CC3)ccn1.Cl. The van der Waals surface area contributed by atoms with Crippen LogP contribution in [0, 0.1) is 0 Å². The second-order valence-corrected chi connectivity index (χ2v) is 5.32. The van der Waals surface area contributed by atoms with E-state index in [1.807, 2.05) is 24.3 Å². The molecule has 3 rings (SSSR count). The molecule has 0 radical (unpaired) electrons. The molecule has 116 valence electrons. The van der Waals surface area contributed by atoms with Crippen LogP contribution < -0.4 is 10.5 Å². The van der Waals surface area contributed by atoms with Gasteiger partial charge in [0.25, 0.3) is 0 Å². The van der Waals surface area contributed by atoms with Crippen LogP contribution in [0.2, 0.25) is 0 Å². The molecule has 1 atom stereocenters. The third-order valence-corrected chi connectivity index (χ3v) is 4.02. The van der Waals surface area contributed by atoms with Crippen LogP contribution in [-0.4, -0.2) is 23.9 Å². The Morgan fingerprint density at radius 3 is 2.91 bits per heavy atom. The molecule has 2 N–H and O–H groups in total. The highest BCUT2D eigenvalue weighted by atomic mass is 35.5. The topological polar surface area (TPSA) is 65.2 Å². The standard InChI is InChI=1S/C17H18N2O2.ClH/c1-21-17-9-12(7-8-19-17)13-4-2-3-11-5-6-15(18)16(20)10-14(11)13;/h2-4,7-9,15H,5-6,10,18H2,1H3;1H. The molecular formula is C17H19ClN2O2. The van der Waals surface area contributed by atoms with Crippen molar-refractivity contribution in [2.75, 3.05) is 7.11 Å². The van der Waals surface area contributed by atoms with Crippen LogP contribution in [0.1, 0.15) is 17.5 Å². The van der Waals surface area contributed by atoms with Crippen molar-refractivity contribution >= 4 is 18.2 Å². The number of aryl methyl sites for hydroxylation is 1. The Labute approximate surface area is 136 Å². The first-order valence-electron chi connectivity index (χ1n) is 7.08. The molecule has 0 bridgehead atoms. The Morgan fingerprint density at radius 1 is 1.32 bits per heavy atom. The van der Waals surface area contributed by atoms with Crippen LogP contribution in [0.3, 0.4) is 0 Å². The first kappa shape index (κ1) is 16.5. The lowest BCUT2D eigenvalue weighted by atomic mass is 9.93. The van der Waals surface area contributed by atoms with Crippen molar-refractivity contribution in [3.8, 4) is 17.0 Å². The van der Waals surface area contributed by atoms with Gasteiger partial charge in [0.2, 0.25) is 5.88 Å². The Bertz CT molecular complexity index is 688. The lowest BCUT2D eigenvalue weighted by molar-refractivity contribution is -0.119. The van der Waals surface area contributed by atoms with Gasteiger partial charge < -0.3 is 10.5 Å². The quantitative estimate of drug-likeness (QED) is 0.864. The fourth-order valence-electron chi connectivity index (χ4n) is 2.81. The van der Waals surface area contributed by atoms with Crippen molar-refractivity contribution in [2.45, 2.75) is 25.3 Å². The number of methoxy groups -OCH3 is 1. The van der Waals surface area contributed by atoms with E-state index in [2.05, 4.69) is 11.1 Å². The number of aromatic nitrogens is 1. The lowest BCUT2D eigenvalue weighted by Crippen LogP contribution is -2.30. The summed E-state index contributed by atoms with van der Waals surface area (Å²) in [6.45, 7) is 0. The molecule has 1 unspecified atom stereocenters. The van der Waals surface area contributed by atoms with Gasteiger partial charge in [0.1, 0.15) is 0 Å². The normalized spacial score (nSPS) is 17.2. The number of hydrogen-bond donors (Lipinski definition) is 1. The zero-order valence-corrected chi connectivity index (χ0v) is 13.2. The van der Waals surface area contributed by atoms with Crippen LogP contribution in [0.4, 0.5) is 0 Å². The molecule has 1 aromatic carbocycles. The minimum absolute atomic E-state index is 0.